The van der Waals surface area contributed by atoms with E-state index in [1.54, 1.807) is 18.4 Å². The molecule has 1 saturated heterocycles. The Kier molecular flexibility index (Phi) is 3.91. The van der Waals surface area contributed by atoms with Crippen molar-refractivity contribution in [3.8, 4) is 11.5 Å². The van der Waals surface area contributed by atoms with E-state index < -0.39 is 0 Å². The SMILES string of the molecule is Cc1cc(C)n([C@@H]2CCCN(C(=O)c3cc(-c4ccco4)[nH]n3)C2)n1. The predicted octanol–water partition coefficient (Wildman–Crippen LogP) is 2.96. The van der Waals surface area contributed by atoms with Gasteiger partial charge in [0.2, 0.25) is 0 Å². The summed E-state index contributed by atoms with van der Waals surface area (Å²) in [4.78, 5) is 14.7. The number of H-pyrrole nitrogens is 1. The third kappa shape index (κ3) is 2.97. The Labute approximate surface area is 145 Å². The fourth-order valence-corrected chi connectivity index (χ4v) is 3.51. The third-order valence-electron chi connectivity index (χ3n) is 4.66. The van der Waals surface area contributed by atoms with Gasteiger partial charge in [0.15, 0.2) is 11.5 Å². The van der Waals surface area contributed by atoms with Gasteiger partial charge in [-0.3, -0.25) is 14.6 Å². The van der Waals surface area contributed by atoms with Crippen LogP contribution in [0.2, 0.25) is 0 Å². The van der Waals surface area contributed by atoms with Crippen LogP contribution in [0.15, 0.2) is 34.9 Å². The van der Waals surface area contributed by atoms with Crippen LogP contribution in [-0.4, -0.2) is 43.9 Å². The largest absolute Gasteiger partial charge is 0.463 e. The molecule has 1 amide bonds. The maximum atomic E-state index is 12.8. The number of aromatic amines is 1. The van der Waals surface area contributed by atoms with E-state index in [4.69, 9.17) is 4.42 Å². The number of aromatic nitrogens is 4. The zero-order chi connectivity index (χ0) is 17.4. The predicted molar refractivity (Wildman–Crippen MR) is 92.2 cm³/mol. The first-order valence-corrected chi connectivity index (χ1v) is 8.53. The highest BCUT2D eigenvalue weighted by Crippen LogP contribution is 2.25. The van der Waals surface area contributed by atoms with Gasteiger partial charge in [-0.25, -0.2) is 0 Å². The summed E-state index contributed by atoms with van der Waals surface area (Å²) in [6, 6.07) is 7.68. The fourth-order valence-electron chi connectivity index (χ4n) is 3.51. The van der Waals surface area contributed by atoms with Crippen LogP contribution in [0, 0.1) is 13.8 Å². The van der Waals surface area contributed by atoms with Crippen LogP contribution in [0.3, 0.4) is 0 Å². The molecule has 0 bridgehead atoms. The standard InChI is InChI=1S/C18H21N5O2/c1-12-9-13(2)23(21-12)14-5-3-7-22(11-14)18(24)16-10-15(19-20-16)17-6-4-8-25-17/h4,6,8-10,14H,3,5,7,11H2,1-2H3,(H,19,20)/t14-/m1/s1. The Balaban J connectivity index is 1.51. The van der Waals surface area contributed by atoms with E-state index in [9.17, 15) is 4.79 Å². The van der Waals surface area contributed by atoms with Crippen LogP contribution in [0.5, 0.6) is 0 Å². The average molecular weight is 339 g/mol. The number of hydrogen-bond acceptors (Lipinski definition) is 4. The number of carbonyl (C=O) groups is 1. The number of carbonyl (C=O) groups excluding carboxylic acids is 1. The molecule has 1 aliphatic rings. The zero-order valence-corrected chi connectivity index (χ0v) is 14.4. The third-order valence-corrected chi connectivity index (χ3v) is 4.66. The van der Waals surface area contributed by atoms with Crippen molar-refractivity contribution < 1.29 is 9.21 Å². The van der Waals surface area contributed by atoms with Gasteiger partial charge in [0.1, 0.15) is 5.69 Å². The number of nitrogens with one attached hydrogen (secondary N) is 1. The molecule has 7 heteroatoms. The molecule has 7 nitrogen and oxygen atoms in total. The van der Waals surface area contributed by atoms with Gasteiger partial charge in [-0.05, 0) is 44.9 Å². The molecule has 25 heavy (non-hydrogen) atoms. The molecule has 0 saturated carbocycles. The Hall–Kier alpha value is -2.83. The van der Waals surface area contributed by atoms with E-state index in [0.717, 1.165) is 30.8 Å². The fraction of sp³-hybridized carbons (Fsp3) is 0.389. The number of furan rings is 1. The zero-order valence-electron chi connectivity index (χ0n) is 14.4. The van der Waals surface area contributed by atoms with E-state index in [1.807, 2.05) is 22.6 Å². The van der Waals surface area contributed by atoms with Crippen LogP contribution >= 0.6 is 0 Å². The molecule has 0 radical (unpaired) electrons. The molecule has 1 aliphatic heterocycles. The van der Waals surface area contributed by atoms with Crippen LogP contribution in [0.4, 0.5) is 0 Å². The second-order valence-corrected chi connectivity index (χ2v) is 6.56. The molecule has 1 fully saturated rings. The van der Waals surface area contributed by atoms with Crippen molar-refractivity contribution in [3.63, 3.8) is 0 Å². The molecule has 4 rings (SSSR count). The lowest BCUT2D eigenvalue weighted by Crippen LogP contribution is -2.41. The molecule has 0 spiro atoms. The van der Waals surface area contributed by atoms with Gasteiger partial charge in [0.05, 0.1) is 18.0 Å². The highest BCUT2D eigenvalue weighted by atomic mass is 16.3. The quantitative estimate of drug-likeness (QED) is 0.795. The Morgan fingerprint density at radius 2 is 2.24 bits per heavy atom. The minimum atomic E-state index is -0.0553. The molecule has 0 aliphatic carbocycles. The van der Waals surface area contributed by atoms with Crippen molar-refractivity contribution in [1.29, 1.82) is 0 Å². The topological polar surface area (TPSA) is 80.0 Å². The van der Waals surface area contributed by atoms with Gasteiger partial charge in [-0.15, -0.1) is 0 Å². The van der Waals surface area contributed by atoms with Crippen molar-refractivity contribution in [3.05, 3.63) is 47.6 Å². The first-order valence-electron chi connectivity index (χ1n) is 8.53. The van der Waals surface area contributed by atoms with Gasteiger partial charge >= 0.3 is 0 Å². The van der Waals surface area contributed by atoms with Gasteiger partial charge in [0, 0.05) is 24.8 Å². The molecular formula is C18H21N5O2. The smallest absolute Gasteiger partial charge is 0.274 e. The summed E-state index contributed by atoms with van der Waals surface area (Å²) in [5, 5.41) is 11.6. The van der Waals surface area contributed by atoms with E-state index in [-0.39, 0.29) is 11.9 Å². The lowest BCUT2D eigenvalue weighted by molar-refractivity contribution is 0.0665. The minimum absolute atomic E-state index is 0.0553. The molecule has 3 aromatic heterocycles. The van der Waals surface area contributed by atoms with Crippen LogP contribution < -0.4 is 0 Å². The van der Waals surface area contributed by atoms with Crippen LogP contribution in [-0.2, 0) is 0 Å². The lowest BCUT2D eigenvalue weighted by atomic mass is 10.1. The van der Waals surface area contributed by atoms with Gasteiger partial charge in [-0.2, -0.15) is 10.2 Å². The normalized spacial score (nSPS) is 17.8. The monoisotopic (exact) mass is 339 g/mol. The maximum absolute atomic E-state index is 12.8. The molecule has 4 heterocycles. The lowest BCUT2D eigenvalue weighted by Gasteiger charge is -2.33. The molecule has 0 unspecified atom stereocenters. The van der Waals surface area contributed by atoms with Crippen molar-refractivity contribution in [1.82, 2.24) is 24.9 Å². The van der Waals surface area contributed by atoms with Gasteiger partial charge < -0.3 is 9.32 Å². The number of piperidine rings is 1. The molecule has 3 aromatic rings. The van der Waals surface area contributed by atoms with Crippen LogP contribution in [0.1, 0.15) is 40.8 Å². The molecule has 1 atom stereocenters. The number of nitrogens with zero attached hydrogens (tertiary/aromatic N) is 4. The summed E-state index contributed by atoms with van der Waals surface area (Å²) in [5.74, 6) is 0.617. The minimum Gasteiger partial charge on any atom is -0.463 e. The summed E-state index contributed by atoms with van der Waals surface area (Å²) in [7, 11) is 0. The number of rotatable bonds is 3. The number of amides is 1. The molecular weight excluding hydrogens is 318 g/mol. The van der Waals surface area contributed by atoms with Gasteiger partial charge in [-0.1, -0.05) is 0 Å². The second kappa shape index (κ2) is 6.23. The highest BCUT2D eigenvalue weighted by molar-refractivity contribution is 5.93. The summed E-state index contributed by atoms with van der Waals surface area (Å²) in [6.45, 7) is 5.46. The maximum Gasteiger partial charge on any atom is 0.274 e. The van der Waals surface area contributed by atoms with Gasteiger partial charge in [0.25, 0.3) is 5.91 Å². The van der Waals surface area contributed by atoms with E-state index in [1.165, 1.54) is 0 Å². The summed E-state index contributed by atoms with van der Waals surface area (Å²) in [5.41, 5.74) is 3.27. The average Bonchev–Trinajstić information content (AvgIpc) is 3.34. The molecule has 0 aromatic carbocycles. The summed E-state index contributed by atoms with van der Waals surface area (Å²) in [6.07, 6.45) is 3.59. The van der Waals surface area contributed by atoms with E-state index >= 15 is 0 Å². The van der Waals surface area contributed by atoms with Crippen molar-refractivity contribution in [2.45, 2.75) is 32.7 Å². The van der Waals surface area contributed by atoms with Crippen molar-refractivity contribution in [2.24, 2.45) is 0 Å². The van der Waals surface area contributed by atoms with E-state index in [0.29, 0.717) is 23.7 Å². The first-order chi connectivity index (χ1) is 12.1. The first kappa shape index (κ1) is 15.7. The second-order valence-electron chi connectivity index (χ2n) is 6.56. The molecule has 1 N–H and O–H groups in total. The number of aryl methyl sites for hydroxylation is 2. The van der Waals surface area contributed by atoms with Crippen molar-refractivity contribution >= 4 is 5.91 Å². The summed E-state index contributed by atoms with van der Waals surface area (Å²) >= 11 is 0. The van der Waals surface area contributed by atoms with Crippen molar-refractivity contribution in [2.75, 3.05) is 13.1 Å². The number of likely N-dealkylation sites (tertiary alicyclic amines) is 1. The Morgan fingerprint density at radius 1 is 1.36 bits per heavy atom. The highest BCUT2D eigenvalue weighted by Gasteiger charge is 2.28. The Bertz CT molecular complexity index is 877. The Morgan fingerprint density at radius 3 is 2.96 bits per heavy atom. The molecule has 130 valence electrons. The van der Waals surface area contributed by atoms with Crippen LogP contribution in [0.25, 0.3) is 11.5 Å². The number of hydrogen-bond donors (Lipinski definition) is 1. The summed E-state index contributed by atoms with van der Waals surface area (Å²) < 4.78 is 7.39. The van der Waals surface area contributed by atoms with E-state index in [2.05, 4.69) is 28.3 Å².